The molecule has 0 fully saturated rings. The van der Waals surface area contributed by atoms with Crippen LogP contribution in [0.4, 0.5) is 0 Å². The van der Waals surface area contributed by atoms with Crippen LogP contribution >= 0.6 is 30.8 Å². The molecular formula is C12H15Cl2O6P. The summed E-state index contributed by atoms with van der Waals surface area (Å²) < 4.78 is 32.3. The van der Waals surface area contributed by atoms with Gasteiger partial charge in [0.2, 0.25) is 5.85 Å². The van der Waals surface area contributed by atoms with E-state index in [0.717, 1.165) is 0 Å². The molecule has 0 radical (unpaired) electrons. The molecule has 0 aliphatic heterocycles. The molecule has 1 unspecified atom stereocenters. The molecule has 1 rings (SSSR count). The third-order valence-electron chi connectivity index (χ3n) is 2.44. The van der Waals surface area contributed by atoms with Crippen LogP contribution < -0.4 is 4.74 Å². The van der Waals surface area contributed by atoms with Crippen molar-refractivity contribution in [2.24, 2.45) is 0 Å². The molecule has 0 aliphatic carbocycles. The summed E-state index contributed by atoms with van der Waals surface area (Å²) in [5, 5.41) is 0.720. The Morgan fingerprint density at radius 2 is 1.90 bits per heavy atom. The first-order valence-electron chi connectivity index (χ1n) is 5.78. The van der Waals surface area contributed by atoms with Crippen molar-refractivity contribution >= 4 is 36.8 Å². The summed E-state index contributed by atoms with van der Waals surface area (Å²) in [6.07, 6.45) is 0. The molecular weight excluding hydrogens is 342 g/mol. The van der Waals surface area contributed by atoms with Crippen LogP contribution in [0.15, 0.2) is 18.2 Å². The maximum Gasteiger partial charge on any atom is 0.373 e. The lowest BCUT2D eigenvalue weighted by Crippen LogP contribution is -2.25. The number of benzene rings is 1. The highest BCUT2D eigenvalue weighted by atomic mass is 35.5. The van der Waals surface area contributed by atoms with Crippen LogP contribution in [0.3, 0.4) is 0 Å². The zero-order valence-electron chi connectivity index (χ0n) is 11.7. The van der Waals surface area contributed by atoms with Crippen LogP contribution in [0.2, 0.25) is 10.0 Å². The summed E-state index contributed by atoms with van der Waals surface area (Å²) >= 11 is 11.7. The van der Waals surface area contributed by atoms with E-state index >= 15 is 0 Å². The first-order valence-corrected chi connectivity index (χ1v) is 8.15. The molecule has 0 amide bonds. The van der Waals surface area contributed by atoms with Gasteiger partial charge in [0.05, 0.1) is 5.02 Å². The van der Waals surface area contributed by atoms with Gasteiger partial charge in [-0.2, -0.15) is 0 Å². The minimum Gasteiger partial charge on any atom is -0.487 e. The van der Waals surface area contributed by atoms with Gasteiger partial charge in [0, 0.05) is 26.2 Å². The highest BCUT2D eigenvalue weighted by molar-refractivity contribution is 7.54. The number of carbonyl (C=O) groups is 1. The minimum absolute atomic E-state index is 0.250. The zero-order valence-corrected chi connectivity index (χ0v) is 14.1. The first kappa shape index (κ1) is 18.3. The standard InChI is InChI=1S/C12H15Cl2O6P/c1-8(15)20-12(21(16,17-2)18-3)7-19-11-5-4-9(13)6-10(11)14/h4-6,12H,7H2,1-3H3. The Hall–Kier alpha value is -0.780. The number of halogens is 2. The topological polar surface area (TPSA) is 71.1 Å². The second-order valence-corrected chi connectivity index (χ2v) is 7.08. The molecule has 6 nitrogen and oxygen atoms in total. The van der Waals surface area contributed by atoms with Crippen molar-refractivity contribution in [1.29, 1.82) is 0 Å². The molecule has 0 spiro atoms. The van der Waals surface area contributed by atoms with Crippen LogP contribution in [0, 0.1) is 0 Å². The van der Waals surface area contributed by atoms with Crippen LogP contribution in [0.5, 0.6) is 5.75 Å². The van der Waals surface area contributed by atoms with Crippen LogP contribution in [0.25, 0.3) is 0 Å². The lowest BCUT2D eigenvalue weighted by Gasteiger charge is -2.24. The lowest BCUT2D eigenvalue weighted by atomic mass is 10.3. The summed E-state index contributed by atoms with van der Waals surface area (Å²) in [5.74, 6) is -1.55. The summed E-state index contributed by atoms with van der Waals surface area (Å²) in [6.45, 7) is 0.928. The number of hydrogen-bond donors (Lipinski definition) is 0. The summed E-state index contributed by atoms with van der Waals surface area (Å²) in [6, 6.07) is 4.61. The molecule has 1 aromatic carbocycles. The Kier molecular flexibility index (Phi) is 6.97. The molecule has 0 aliphatic rings. The van der Waals surface area contributed by atoms with Gasteiger partial charge in [-0.3, -0.25) is 9.36 Å². The number of hydrogen-bond acceptors (Lipinski definition) is 6. The van der Waals surface area contributed by atoms with E-state index in [9.17, 15) is 9.36 Å². The van der Waals surface area contributed by atoms with Gasteiger partial charge in [0.15, 0.2) is 0 Å². The number of carbonyl (C=O) groups excluding carboxylic acids is 1. The molecule has 0 heterocycles. The summed E-state index contributed by atoms with van der Waals surface area (Å²) in [4.78, 5) is 11.1. The van der Waals surface area contributed by atoms with Gasteiger partial charge in [0.25, 0.3) is 0 Å². The van der Waals surface area contributed by atoms with Gasteiger partial charge in [-0.1, -0.05) is 23.2 Å². The first-order chi connectivity index (χ1) is 9.82. The van der Waals surface area contributed by atoms with E-state index in [1.807, 2.05) is 0 Å². The van der Waals surface area contributed by atoms with Gasteiger partial charge in [-0.15, -0.1) is 0 Å². The Morgan fingerprint density at radius 3 is 2.38 bits per heavy atom. The van der Waals surface area contributed by atoms with Gasteiger partial charge >= 0.3 is 13.6 Å². The van der Waals surface area contributed by atoms with Crippen molar-refractivity contribution in [2.75, 3.05) is 20.8 Å². The lowest BCUT2D eigenvalue weighted by molar-refractivity contribution is -0.144. The van der Waals surface area contributed by atoms with Crippen molar-refractivity contribution in [2.45, 2.75) is 12.8 Å². The molecule has 0 aromatic heterocycles. The molecule has 0 bridgehead atoms. The fourth-order valence-corrected chi connectivity index (χ4v) is 3.06. The zero-order chi connectivity index (χ0) is 16.0. The Labute approximate surface area is 132 Å². The maximum atomic E-state index is 12.3. The van der Waals surface area contributed by atoms with Crippen LogP contribution in [0.1, 0.15) is 6.92 Å². The largest absolute Gasteiger partial charge is 0.487 e. The number of esters is 1. The van der Waals surface area contributed by atoms with Gasteiger partial charge in [-0.25, -0.2) is 0 Å². The van der Waals surface area contributed by atoms with E-state index in [1.165, 1.54) is 27.2 Å². The van der Waals surface area contributed by atoms with Gasteiger partial charge < -0.3 is 18.5 Å². The monoisotopic (exact) mass is 356 g/mol. The average Bonchev–Trinajstić information content (AvgIpc) is 2.43. The molecule has 0 saturated heterocycles. The van der Waals surface area contributed by atoms with E-state index in [2.05, 4.69) is 0 Å². The van der Waals surface area contributed by atoms with Crippen LogP contribution in [-0.4, -0.2) is 32.6 Å². The Bertz CT molecular complexity index is 543. The van der Waals surface area contributed by atoms with Crippen molar-refractivity contribution in [1.82, 2.24) is 0 Å². The average molecular weight is 357 g/mol. The number of ether oxygens (including phenoxy) is 2. The van der Waals surface area contributed by atoms with Crippen molar-refractivity contribution in [3.63, 3.8) is 0 Å². The third kappa shape index (κ3) is 5.16. The second kappa shape index (κ2) is 8.01. The summed E-state index contributed by atoms with van der Waals surface area (Å²) in [5.41, 5.74) is 0. The van der Waals surface area contributed by atoms with Crippen molar-refractivity contribution in [3.8, 4) is 5.75 Å². The predicted octanol–water partition coefficient (Wildman–Crippen LogP) is 3.75. The van der Waals surface area contributed by atoms with E-state index in [-0.39, 0.29) is 11.6 Å². The van der Waals surface area contributed by atoms with E-state index in [1.54, 1.807) is 12.1 Å². The van der Waals surface area contributed by atoms with Crippen molar-refractivity contribution in [3.05, 3.63) is 28.2 Å². The molecule has 0 N–H and O–H groups in total. The fraction of sp³-hybridized carbons (Fsp3) is 0.417. The van der Waals surface area contributed by atoms with Gasteiger partial charge in [0.1, 0.15) is 12.4 Å². The van der Waals surface area contributed by atoms with E-state index < -0.39 is 19.4 Å². The molecule has 1 atom stereocenters. The van der Waals surface area contributed by atoms with E-state index in [0.29, 0.717) is 10.8 Å². The Balaban J connectivity index is 2.87. The normalized spacial score (nSPS) is 12.8. The maximum absolute atomic E-state index is 12.3. The number of rotatable bonds is 7. The van der Waals surface area contributed by atoms with Crippen LogP contribution in [-0.2, 0) is 23.1 Å². The Morgan fingerprint density at radius 1 is 1.29 bits per heavy atom. The third-order valence-corrected chi connectivity index (χ3v) is 4.95. The quantitative estimate of drug-likeness (QED) is 0.547. The second-order valence-electron chi connectivity index (χ2n) is 3.85. The fourth-order valence-electron chi connectivity index (χ4n) is 1.44. The molecule has 1 aromatic rings. The molecule has 21 heavy (non-hydrogen) atoms. The molecule has 118 valence electrons. The molecule has 9 heteroatoms. The minimum atomic E-state index is -3.64. The molecule has 0 saturated carbocycles. The SMILES string of the molecule is COP(=O)(OC)C(COc1ccc(Cl)cc1Cl)OC(C)=O. The van der Waals surface area contributed by atoms with Gasteiger partial charge in [-0.05, 0) is 18.2 Å². The van der Waals surface area contributed by atoms with Crippen molar-refractivity contribution < 1.29 is 27.9 Å². The van der Waals surface area contributed by atoms with E-state index in [4.69, 9.17) is 41.7 Å². The smallest absolute Gasteiger partial charge is 0.373 e. The summed E-state index contributed by atoms with van der Waals surface area (Å²) in [7, 11) is -1.26. The highest BCUT2D eigenvalue weighted by Gasteiger charge is 2.37. The predicted molar refractivity (Wildman–Crippen MR) is 79.1 cm³/mol. The highest BCUT2D eigenvalue weighted by Crippen LogP contribution is 2.52.